The SMILES string of the molecule is Cc1ccc(-c2nnn(CC(=O)O[C@@H](C)c3nc4ccccc4c(=O)[nH]3)n2)cc1. The number of aryl methyl sites for hydroxylation is 1. The van der Waals surface area contributed by atoms with Crippen LogP contribution >= 0.6 is 0 Å². The van der Waals surface area contributed by atoms with Crippen LogP contribution in [0, 0.1) is 6.92 Å². The van der Waals surface area contributed by atoms with Crippen molar-refractivity contribution < 1.29 is 9.53 Å². The first-order valence-corrected chi connectivity index (χ1v) is 9.03. The van der Waals surface area contributed by atoms with Crippen LogP contribution in [0.4, 0.5) is 0 Å². The molecule has 146 valence electrons. The van der Waals surface area contributed by atoms with Gasteiger partial charge >= 0.3 is 5.97 Å². The molecule has 0 saturated heterocycles. The number of ether oxygens (including phenoxy) is 1. The minimum atomic E-state index is -0.736. The number of hydrogen-bond acceptors (Lipinski definition) is 7. The van der Waals surface area contributed by atoms with Crippen LogP contribution in [-0.4, -0.2) is 36.1 Å². The summed E-state index contributed by atoms with van der Waals surface area (Å²) in [6.45, 7) is 3.42. The lowest BCUT2D eigenvalue weighted by Crippen LogP contribution is -2.20. The highest BCUT2D eigenvalue weighted by Crippen LogP contribution is 2.16. The van der Waals surface area contributed by atoms with Crippen LogP contribution in [0.1, 0.15) is 24.4 Å². The average molecular weight is 390 g/mol. The van der Waals surface area contributed by atoms with Crippen molar-refractivity contribution in [1.29, 1.82) is 0 Å². The molecule has 2 heterocycles. The molecular weight excluding hydrogens is 372 g/mol. The number of benzene rings is 2. The van der Waals surface area contributed by atoms with E-state index < -0.39 is 12.1 Å². The zero-order chi connectivity index (χ0) is 20.4. The van der Waals surface area contributed by atoms with Gasteiger partial charge in [-0.05, 0) is 31.2 Å². The minimum absolute atomic E-state index is 0.207. The Morgan fingerprint density at radius 3 is 2.72 bits per heavy atom. The van der Waals surface area contributed by atoms with E-state index in [1.807, 2.05) is 31.2 Å². The molecule has 9 nitrogen and oxygen atoms in total. The van der Waals surface area contributed by atoms with Gasteiger partial charge in [0.1, 0.15) is 0 Å². The number of esters is 1. The van der Waals surface area contributed by atoms with Crippen molar-refractivity contribution >= 4 is 16.9 Å². The number of tetrazole rings is 1. The van der Waals surface area contributed by atoms with Gasteiger partial charge in [0.25, 0.3) is 5.56 Å². The Morgan fingerprint density at radius 1 is 1.17 bits per heavy atom. The molecule has 4 rings (SSSR count). The highest BCUT2D eigenvalue weighted by atomic mass is 16.5. The van der Waals surface area contributed by atoms with Gasteiger partial charge in [0.05, 0.1) is 10.9 Å². The molecule has 2 aromatic carbocycles. The highest BCUT2D eigenvalue weighted by molar-refractivity contribution is 5.77. The van der Waals surface area contributed by atoms with Gasteiger partial charge in [-0.2, -0.15) is 4.80 Å². The van der Waals surface area contributed by atoms with Gasteiger partial charge in [-0.25, -0.2) is 9.78 Å². The second kappa shape index (κ2) is 7.63. The van der Waals surface area contributed by atoms with Crippen LogP contribution < -0.4 is 5.56 Å². The number of fused-ring (bicyclic) bond motifs is 1. The maximum Gasteiger partial charge on any atom is 0.330 e. The smallest absolute Gasteiger partial charge is 0.330 e. The summed E-state index contributed by atoms with van der Waals surface area (Å²) in [5.74, 6) is 0.126. The van der Waals surface area contributed by atoms with Crippen LogP contribution in [-0.2, 0) is 16.1 Å². The number of aromatic nitrogens is 6. The summed E-state index contributed by atoms with van der Waals surface area (Å²) in [6, 6.07) is 14.6. The normalized spacial score (nSPS) is 12.1. The number of rotatable bonds is 5. The fourth-order valence-corrected chi connectivity index (χ4v) is 2.83. The molecule has 0 spiro atoms. The Morgan fingerprint density at radius 2 is 1.93 bits per heavy atom. The monoisotopic (exact) mass is 390 g/mol. The van der Waals surface area contributed by atoms with Gasteiger partial charge in [0, 0.05) is 5.56 Å². The van der Waals surface area contributed by atoms with Gasteiger partial charge in [0.15, 0.2) is 18.5 Å². The van der Waals surface area contributed by atoms with Gasteiger partial charge in [-0.15, -0.1) is 10.2 Å². The number of para-hydroxylation sites is 1. The van der Waals surface area contributed by atoms with Crippen molar-refractivity contribution in [1.82, 2.24) is 30.2 Å². The summed E-state index contributed by atoms with van der Waals surface area (Å²) in [6.07, 6.45) is -0.736. The molecule has 0 bridgehead atoms. The Hall–Kier alpha value is -3.88. The molecule has 0 aliphatic heterocycles. The zero-order valence-corrected chi connectivity index (χ0v) is 15.9. The number of nitrogens with zero attached hydrogens (tertiary/aromatic N) is 5. The standard InChI is InChI=1S/C20H18N6O3/c1-12-7-9-14(10-8-12)19-23-25-26(24-19)11-17(27)29-13(2)18-21-16-6-4-3-5-15(16)20(28)22-18/h3-10,13H,11H2,1-2H3,(H,21,22,28)/t13-/m0/s1. The van der Waals surface area contributed by atoms with E-state index in [4.69, 9.17) is 4.74 Å². The number of carbonyl (C=O) groups is 1. The summed E-state index contributed by atoms with van der Waals surface area (Å²) in [7, 11) is 0. The van der Waals surface area contributed by atoms with Crippen molar-refractivity contribution in [3.05, 3.63) is 70.3 Å². The van der Waals surface area contributed by atoms with E-state index in [0.29, 0.717) is 16.7 Å². The lowest BCUT2D eigenvalue weighted by molar-refractivity contribution is -0.150. The fourth-order valence-electron chi connectivity index (χ4n) is 2.83. The van der Waals surface area contributed by atoms with E-state index in [1.165, 1.54) is 4.80 Å². The Bertz CT molecular complexity index is 1230. The third-order valence-electron chi connectivity index (χ3n) is 4.36. The second-order valence-electron chi connectivity index (χ2n) is 6.61. The van der Waals surface area contributed by atoms with Crippen LogP contribution in [0.3, 0.4) is 0 Å². The quantitative estimate of drug-likeness (QED) is 0.519. The Kier molecular flexibility index (Phi) is 4.86. The maximum absolute atomic E-state index is 12.3. The first kappa shape index (κ1) is 18.5. The van der Waals surface area contributed by atoms with Gasteiger partial charge in [-0.1, -0.05) is 42.0 Å². The number of H-pyrrole nitrogens is 1. The first-order chi connectivity index (χ1) is 14.0. The molecule has 0 radical (unpaired) electrons. The van der Waals surface area contributed by atoms with E-state index in [0.717, 1.165) is 11.1 Å². The molecule has 0 aliphatic rings. The van der Waals surface area contributed by atoms with E-state index >= 15 is 0 Å². The first-order valence-electron chi connectivity index (χ1n) is 9.03. The molecule has 0 saturated carbocycles. The van der Waals surface area contributed by atoms with Crippen LogP contribution in [0.5, 0.6) is 0 Å². The molecular formula is C20H18N6O3. The number of carbonyl (C=O) groups excluding carboxylic acids is 1. The van der Waals surface area contributed by atoms with Crippen molar-refractivity contribution in [3.63, 3.8) is 0 Å². The fraction of sp³-hybridized carbons (Fsp3) is 0.200. The molecule has 0 fully saturated rings. The molecule has 2 aromatic heterocycles. The summed E-state index contributed by atoms with van der Waals surface area (Å²) < 4.78 is 5.37. The Balaban J connectivity index is 1.45. The third kappa shape index (κ3) is 4.03. The summed E-state index contributed by atoms with van der Waals surface area (Å²) >= 11 is 0. The molecule has 0 aliphatic carbocycles. The van der Waals surface area contributed by atoms with E-state index in [1.54, 1.807) is 31.2 Å². The summed E-state index contributed by atoms with van der Waals surface area (Å²) in [5.41, 5.74) is 2.18. The third-order valence-corrected chi connectivity index (χ3v) is 4.36. The summed E-state index contributed by atoms with van der Waals surface area (Å²) in [4.78, 5) is 32.6. The van der Waals surface area contributed by atoms with Crippen molar-refractivity contribution in [2.75, 3.05) is 0 Å². The van der Waals surface area contributed by atoms with Gasteiger partial charge in [0.2, 0.25) is 5.82 Å². The molecule has 29 heavy (non-hydrogen) atoms. The van der Waals surface area contributed by atoms with E-state index in [9.17, 15) is 9.59 Å². The predicted molar refractivity (Wildman–Crippen MR) is 105 cm³/mol. The average Bonchev–Trinajstić information content (AvgIpc) is 3.16. The van der Waals surface area contributed by atoms with Gasteiger partial charge < -0.3 is 9.72 Å². The maximum atomic E-state index is 12.3. The second-order valence-corrected chi connectivity index (χ2v) is 6.61. The zero-order valence-electron chi connectivity index (χ0n) is 15.9. The van der Waals surface area contributed by atoms with Crippen molar-refractivity contribution in [3.8, 4) is 11.4 Å². The molecule has 1 atom stereocenters. The molecule has 4 aromatic rings. The van der Waals surface area contributed by atoms with E-state index in [-0.39, 0.29) is 17.9 Å². The van der Waals surface area contributed by atoms with Crippen LogP contribution in [0.2, 0.25) is 0 Å². The van der Waals surface area contributed by atoms with Crippen LogP contribution in [0.25, 0.3) is 22.3 Å². The summed E-state index contributed by atoms with van der Waals surface area (Å²) in [5, 5.41) is 12.5. The number of hydrogen-bond donors (Lipinski definition) is 1. The molecule has 1 N–H and O–H groups in total. The largest absolute Gasteiger partial charge is 0.453 e. The topological polar surface area (TPSA) is 116 Å². The number of nitrogens with one attached hydrogen (secondary N) is 1. The molecule has 9 heteroatoms. The molecule has 0 unspecified atom stereocenters. The molecule has 0 amide bonds. The van der Waals surface area contributed by atoms with E-state index in [2.05, 4.69) is 25.4 Å². The highest BCUT2D eigenvalue weighted by Gasteiger charge is 2.17. The van der Waals surface area contributed by atoms with Crippen molar-refractivity contribution in [2.24, 2.45) is 0 Å². The van der Waals surface area contributed by atoms with Crippen molar-refractivity contribution in [2.45, 2.75) is 26.5 Å². The van der Waals surface area contributed by atoms with Crippen LogP contribution in [0.15, 0.2) is 53.3 Å². The Labute approximate surface area is 165 Å². The minimum Gasteiger partial charge on any atom is -0.453 e. The van der Waals surface area contributed by atoms with Gasteiger partial charge in [-0.3, -0.25) is 4.79 Å². The predicted octanol–water partition coefficient (Wildman–Crippen LogP) is 2.19. The lowest BCUT2D eigenvalue weighted by atomic mass is 10.1. The lowest BCUT2D eigenvalue weighted by Gasteiger charge is -2.12. The number of aromatic amines is 1.